The fraction of sp³-hybridized carbons (Fsp3) is 0.643. The molecule has 1 fully saturated rings. The van der Waals surface area contributed by atoms with Crippen molar-refractivity contribution in [3.63, 3.8) is 0 Å². The van der Waals surface area contributed by atoms with Gasteiger partial charge in [-0.2, -0.15) is 5.10 Å². The third-order valence-corrected chi connectivity index (χ3v) is 3.50. The van der Waals surface area contributed by atoms with E-state index in [0.717, 1.165) is 30.4 Å². The highest BCUT2D eigenvalue weighted by atomic mass is 16.6. The molecule has 1 saturated carbocycles. The van der Waals surface area contributed by atoms with Crippen LogP contribution in [0.3, 0.4) is 0 Å². The van der Waals surface area contributed by atoms with Gasteiger partial charge in [-0.1, -0.05) is 0 Å². The summed E-state index contributed by atoms with van der Waals surface area (Å²) in [6.45, 7) is 6.41. The summed E-state index contributed by atoms with van der Waals surface area (Å²) in [7, 11) is 0. The zero-order valence-corrected chi connectivity index (χ0v) is 12.0. The third kappa shape index (κ3) is 2.30. The fourth-order valence-corrected chi connectivity index (χ4v) is 2.46. The van der Waals surface area contributed by atoms with Crippen LogP contribution in [-0.4, -0.2) is 32.7 Å². The van der Waals surface area contributed by atoms with E-state index in [1.807, 2.05) is 25.5 Å². The molecule has 1 aliphatic carbocycles. The first-order valence-electron chi connectivity index (χ1n) is 6.92. The topological polar surface area (TPSA) is 64.4 Å². The van der Waals surface area contributed by atoms with Crippen LogP contribution in [0.15, 0.2) is 0 Å². The van der Waals surface area contributed by atoms with Crippen molar-refractivity contribution in [2.45, 2.75) is 58.3 Å². The van der Waals surface area contributed by atoms with E-state index in [2.05, 4.69) is 5.10 Å². The molecular weight excluding hydrogens is 258 g/mol. The molecular formula is C14H19N3O3. The lowest BCUT2D eigenvalue weighted by Gasteiger charge is -2.24. The van der Waals surface area contributed by atoms with Crippen LogP contribution in [0.1, 0.15) is 61.4 Å². The predicted molar refractivity (Wildman–Crippen MR) is 71.4 cm³/mol. The number of carbonyl (C=O) groups is 2. The van der Waals surface area contributed by atoms with Gasteiger partial charge in [0.2, 0.25) is 0 Å². The van der Waals surface area contributed by atoms with Gasteiger partial charge in [-0.25, -0.2) is 4.79 Å². The van der Waals surface area contributed by atoms with E-state index in [1.54, 1.807) is 4.90 Å². The van der Waals surface area contributed by atoms with Gasteiger partial charge in [0.05, 0.1) is 24.8 Å². The minimum Gasteiger partial charge on any atom is -0.444 e. The van der Waals surface area contributed by atoms with Crippen molar-refractivity contribution < 1.29 is 14.3 Å². The Kier molecular flexibility index (Phi) is 2.84. The highest BCUT2D eigenvalue weighted by Gasteiger charge is 2.36. The van der Waals surface area contributed by atoms with Crippen LogP contribution in [0.4, 0.5) is 4.79 Å². The second kappa shape index (κ2) is 4.33. The van der Waals surface area contributed by atoms with Crippen molar-refractivity contribution in [3.05, 3.63) is 17.0 Å². The lowest BCUT2D eigenvalue weighted by atomic mass is 10.2. The van der Waals surface area contributed by atoms with Crippen LogP contribution in [-0.2, 0) is 17.8 Å². The molecule has 0 bridgehead atoms. The number of nitrogens with zero attached hydrogens (tertiary/aromatic N) is 3. The molecule has 0 aromatic carbocycles. The third-order valence-electron chi connectivity index (χ3n) is 3.50. The molecule has 3 rings (SSSR count). The van der Waals surface area contributed by atoms with Gasteiger partial charge >= 0.3 is 6.09 Å². The summed E-state index contributed by atoms with van der Waals surface area (Å²) < 4.78 is 7.30. The standard InChI is InChI=1S/C14H19N3O3/c1-14(2,3)20-13(19)16-6-10-11(8-18)15-17(9-4-5-9)12(10)7-16/h8-9H,4-7H2,1-3H3. The Labute approximate surface area is 117 Å². The SMILES string of the molecule is CC(C)(C)OC(=O)N1Cc2c(C=O)nn(C3CC3)c2C1. The zero-order chi connectivity index (χ0) is 14.5. The molecule has 0 spiro atoms. The summed E-state index contributed by atoms with van der Waals surface area (Å²) >= 11 is 0. The molecule has 20 heavy (non-hydrogen) atoms. The lowest BCUT2D eigenvalue weighted by Crippen LogP contribution is -2.33. The Morgan fingerprint density at radius 3 is 2.60 bits per heavy atom. The quantitative estimate of drug-likeness (QED) is 0.778. The predicted octanol–water partition coefficient (Wildman–Crippen LogP) is 2.28. The summed E-state index contributed by atoms with van der Waals surface area (Å²) in [4.78, 5) is 24.9. The van der Waals surface area contributed by atoms with E-state index in [0.29, 0.717) is 24.8 Å². The van der Waals surface area contributed by atoms with Gasteiger partial charge in [-0.05, 0) is 33.6 Å². The molecule has 1 aromatic rings. The van der Waals surface area contributed by atoms with Gasteiger partial charge in [0, 0.05) is 5.56 Å². The van der Waals surface area contributed by atoms with Crippen molar-refractivity contribution in [1.82, 2.24) is 14.7 Å². The number of fused-ring (bicyclic) bond motifs is 1. The fourth-order valence-electron chi connectivity index (χ4n) is 2.46. The minimum absolute atomic E-state index is 0.340. The number of carbonyl (C=O) groups excluding carboxylic acids is 2. The highest BCUT2D eigenvalue weighted by Crippen LogP contribution is 2.39. The average molecular weight is 277 g/mol. The Morgan fingerprint density at radius 1 is 1.35 bits per heavy atom. The maximum Gasteiger partial charge on any atom is 0.410 e. The highest BCUT2D eigenvalue weighted by molar-refractivity contribution is 5.77. The molecule has 2 heterocycles. The van der Waals surface area contributed by atoms with Gasteiger partial charge in [0.15, 0.2) is 6.29 Å². The van der Waals surface area contributed by atoms with Crippen LogP contribution in [0, 0.1) is 0 Å². The molecule has 0 atom stereocenters. The number of rotatable bonds is 2. The number of aromatic nitrogens is 2. The Bertz CT molecular complexity index is 567. The molecule has 0 saturated heterocycles. The Hall–Kier alpha value is -1.85. The van der Waals surface area contributed by atoms with E-state index in [1.165, 1.54) is 0 Å². The van der Waals surface area contributed by atoms with Crippen LogP contribution < -0.4 is 0 Å². The van der Waals surface area contributed by atoms with Crippen molar-refractivity contribution in [2.24, 2.45) is 0 Å². The Balaban J connectivity index is 1.81. The molecule has 1 aromatic heterocycles. The lowest BCUT2D eigenvalue weighted by molar-refractivity contribution is 0.0237. The monoisotopic (exact) mass is 277 g/mol. The number of ether oxygens (including phenoxy) is 1. The van der Waals surface area contributed by atoms with Crippen LogP contribution in [0.5, 0.6) is 0 Å². The van der Waals surface area contributed by atoms with E-state index in [4.69, 9.17) is 4.74 Å². The average Bonchev–Trinajstić information content (AvgIpc) is 2.98. The number of aldehydes is 1. The first kappa shape index (κ1) is 13.1. The summed E-state index contributed by atoms with van der Waals surface area (Å²) in [5, 5.41) is 4.35. The molecule has 0 N–H and O–H groups in total. The Morgan fingerprint density at radius 2 is 2.05 bits per heavy atom. The second-order valence-corrected chi connectivity index (χ2v) is 6.44. The van der Waals surface area contributed by atoms with Gasteiger partial charge in [-0.15, -0.1) is 0 Å². The van der Waals surface area contributed by atoms with E-state index >= 15 is 0 Å². The van der Waals surface area contributed by atoms with E-state index in [-0.39, 0.29) is 6.09 Å². The van der Waals surface area contributed by atoms with E-state index in [9.17, 15) is 9.59 Å². The van der Waals surface area contributed by atoms with Gasteiger partial charge in [0.1, 0.15) is 11.3 Å². The van der Waals surface area contributed by atoms with Crippen LogP contribution in [0.25, 0.3) is 0 Å². The van der Waals surface area contributed by atoms with Crippen molar-refractivity contribution in [3.8, 4) is 0 Å². The van der Waals surface area contributed by atoms with Crippen molar-refractivity contribution in [1.29, 1.82) is 0 Å². The molecule has 1 aliphatic heterocycles. The molecule has 6 nitrogen and oxygen atoms in total. The van der Waals surface area contributed by atoms with E-state index < -0.39 is 5.60 Å². The minimum atomic E-state index is -0.512. The number of hydrogen-bond acceptors (Lipinski definition) is 4. The number of hydrogen-bond donors (Lipinski definition) is 0. The van der Waals surface area contributed by atoms with Crippen molar-refractivity contribution >= 4 is 12.4 Å². The molecule has 2 aliphatic rings. The molecule has 6 heteroatoms. The van der Waals surface area contributed by atoms with Crippen LogP contribution >= 0.6 is 0 Å². The number of amides is 1. The first-order valence-corrected chi connectivity index (χ1v) is 6.92. The second-order valence-electron chi connectivity index (χ2n) is 6.44. The first-order chi connectivity index (χ1) is 9.39. The van der Waals surface area contributed by atoms with Gasteiger partial charge in [0.25, 0.3) is 0 Å². The van der Waals surface area contributed by atoms with Crippen molar-refractivity contribution in [2.75, 3.05) is 0 Å². The summed E-state index contributed by atoms with van der Waals surface area (Å²) in [6.07, 6.45) is 2.63. The van der Waals surface area contributed by atoms with Crippen LogP contribution in [0.2, 0.25) is 0 Å². The maximum absolute atomic E-state index is 12.1. The molecule has 108 valence electrons. The van der Waals surface area contributed by atoms with Gasteiger partial charge < -0.3 is 4.74 Å². The smallest absolute Gasteiger partial charge is 0.410 e. The van der Waals surface area contributed by atoms with Gasteiger partial charge in [-0.3, -0.25) is 14.4 Å². The normalized spacial score (nSPS) is 18.1. The molecule has 0 radical (unpaired) electrons. The zero-order valence-electron chi connectivity index (χ0n) is 12.0. The molecule has 0 unspecified atom stereocenters. The molecule has 1 amide bonds. The summed E-state index contributed by atoms with van der Waals surface area (Å²) in [6, 6.07) is 0.399. The summed E-state index contributed by atoms with van der Waals surface area (Å²) in [5.41, 5.74) is 1.80. The largest absolute Gasteiger partial charge is 0.444 e. The maximum atomic E-state index is 12.1. The summed E-state index contributed by atoms with van der Waals surface area (Å²) in [5.74, 6) is 0.